The van der Waals surface area contributed by atoms with Crippen LogP contribution in [-0.2, 0) is 0 Å². The van der Waals surface area contributed by atoms with E-state index in [0.717, 1.165) is 19.4 Å². The first kappa shape index (κ1) is 15.9. The quantitative estimate of drug-likeness (QED) is 0.624. The molecule has 1 fully saturated rings. The van der Waals surface area contributed by atoms with Gasteiger partial charge in [-0.25, -0.2) is 0 Å². The molecule has 2 unspecified atom stereocenters. The van der Waals surface area contributed by atoms with Gasteiger partial charge in [0.2, 0.25) is 0 Å². The molecule has 0 amide bonds. The van der Waals surface area contributed by atoms with Crippen molar-refractivity contribution in [1.82, 2.24) is 10.6 Å². The zero-order valence-corrected chi connectivity index (χ0v) is 12.5. The van der Waals surface area contributed by atoms with Crippen molar-refractivity contribution in [3.8, 4) is 0 Å². The normalized spacial score (nSPS) is 23.0. The third-order valence-corrected chi connectivity index (χ3v) is 4.71. The van der Waals surface area contributed by atoms with Crippen molar-refractivity contribution in [3.05, 3.63) is 0 Å². The Bertz CT molecular complexity index is 202. The highest BCUT2D eigenvalue weighted by molar-refractivity contribution is 4.82. The van der Waals surface area contributed by atoms with Crippen LogP contribution < -0.4 is 10.6 Å². The van der Waals surface area contributed by atoms with Gasteiger partial charge in [0.05, 0.1) is 0 Å². The summed E-state index contributed by atoms with van der Waals surface area (Å²) >= 11 is 0. The van der Waals surface area contributed by atoms with Crippen LogP contribution in [0, 0.1) is 5.41 Å². The molecule has 0 aliphatic carbocycles. The molecule has 0 bridgehead atoms. The molecule has 2 atom stereocenters. The lowest BCUT2D eigenvalue weighted by Crippen LogP contribution is -2.44. The number of hydrogen-bond donors (Lipinski definition) is 3. The van der Waals surface area contributed by atoms with E-state index >= 15 is 0 Å². The second-order valence-electron chi connectivity index (χ2n) is 6.03. The summed E-state index contributed by atoms with van der Waals surface area (Å²) in [7, 11) is 0. The molecule has 0 saturated carbocycles. The zero-order valence-electron chi connectivity index (χ0n) is 12.5. The molecule has 18 heavy (non-hydrogen) atoms. The van der Waals surface area contributed by atoms with Crippen LogP contribution in [0.1, 0.15) is 59.3 Å². The minimum atomic E-state index is 0.0776. The average molecular weight is 256 g/mol. The Morgan fingerprint density at radius 1 is 1.33 bits per heavy atom. The van der Waals surface area contributed by atoms with Crippen LogP contribution in [0.5, 0.6) is 0 Å². The van der Waals surface area contributed by atoms with Crippen molar-refractivity contribution in [2.24, 2.45) is 5.41 Å². The van der Waals surface area contributed by atoms with Gasteiger partial charge in [0.1, 0.15) is 0 Å². The molecule has 3 N–H and O–H groups in total. The summed E-state index contributed by atoms with van der Waals surface area (Å²) < 4.78 is 0. The van der Waals surface area contributed by atoms with Gasteiger partial charge in [-0.3, -0.25) is 0 Å². The minimum absolute atomic E-state index is 0.0776. The highest BCUT2D eigenvalue weighted by Crippen LogP contribution is 2.24. The van der Waals surface area contributed by atoms with E-state index < -0.39 is 0 Å². The zero-order chi connectivity index (χ0) is 13.4. The first-order valence-electron chi connectivity index (χ1n) is 7.73. The van der Waals surface area contributed by atoms with Gasteiger partial charge in [-0.15, -0.1) is 0 Å². The second kappa shape index (κ2) is 8.13. The number of rotatable bonds is 8. The summed E-state index contributed by atoms with van der Waals surface area (Å²) in [5, 5.41) is 16.8. The largest absolute Gasteiger partial charge is 0.396 e. The maximum atomic E-state index is 9.56. The molecule has 0 aromatic rings. The number of hydrogen-bond acceptors (Lipinski definition) is 3. The van der Waals surface area contributed by atoms with Crippen molar-refractivity contribution in [2.45, 2.75) is 71.4 Å². The molecule has 1 aliphatic rings. The van der Waals surface area contributed by atoms with Gasteiger partial charge in [0.15, 0.2) is 0 Å². The SMILES string of the molecule is CCC(CC)(CO)CNC(C)CC1CCCCN1. The Labute approximate surface area is 113 Å². The predicted molar refractivity (Wildman–Crippen MR) is 77.8 cm³/mol. The number of nitrogens with one attached hydrogen (secondary N) is 2. The molecule has 3 nitrogen and oxygen atoms in total. The smallest absolute Gasteiger partial charge is 0.0499 e. The van der Waals surface area contributed by atoms with E-state index in [-0.39, 0.29) is 5.41 Å². The van der Waals surface area contributed by atoms with Crippen molar-refractivity contribution in [1.29, 1.82) is 0 Å². The van der Waals surface area contributed by atoms with Crippen LogP contribution in [0.25, 0.3) is 0 Å². The molecule has 1 heterocycles. The number of piperidine rings is 1. The average Bonchev–Trinajstić information content (AvgIpc) is 2.42. The third-order valence-electron chi connectivity index (χ3n) is 4.71. The molecular formula is C15H32N2O. The Morgan fingerprint density at radius 3 is 2.56 bits per heavy atom. The van der Waals surface area contributed by atoms with E-state index in [0.29, 0.717) is 18.7 Å². The van der Waals surface area contributed by atoms with Crippen LogP contribution in [0.2, 0.25) is 0 Å². The van der Waals surface area contributed by atoms with Crippen molar-refractivity contribution in [2.75, 3.05) is 19.7 Å². The maximum absolute atomic E-state index is 9.56. The molecule has 1 aliphatic heterocycles. The van der Waals surface area contributed by atoms with Crippen LogP contribution in [-0.4, -0.2) is 36.9 Å². The Kier molecular flexibility index (Phi) is 7.20. The first-order valence-corrected chi connectivity index (χ1v) is 7.73. The summed E-state index contributed by atoms with van der Waals surface area (Å²) in [5.74, 6) is 0. The van der Waals surface area contributed by atoms with Gasteiger partial charge < -0.3 is 15.7 Å². The third kappa shape index (κ3) is 4.87. The van der Waals surface area contributed by atoms with Crippen LogP contribution in [0.3, 0.4) is 0 Å². The van der Waals surface area contributed by atoms with Crippen LogP contribution in [0.4, 0.5) is 0 Å². The van der Waals surface area contributed by atoms with Crippen LogP contribution >= 0.6 is 0 Å². The summed E-state index contributed by atoms with van der Waals surface area (Å²) in [4.78, 5) is 0. The fraction of sp³-hybridized carbons (Fsp3) is 1.00. The van der Waals surface area contributed by atoms with Gasteiger partial charge in [-0.1, -0.05) is 20.3 Å². The Balaban J connectivity index is 2.28. The van der Waals surface area contributed by atoms with Crippen molar-refractivity contribution >= 4 is 0 Å². The molecule has 3 heteroatoms. The fourth-order valence-corrected chi connectivity index (χ4v) is 2.81. The first-order chi connectivity index (χ1) is 8.65. The van der Waals surface area contributed by atoms with Gasteiger partial charge in [0.25, 0.3) is 0 Å². The lowest BCUT2D eigenvalue weighted by Gasteiger charge is -2.33. The summed E-state index contributed by atoms with van der Waals surface area (Å²) in [5.41, 5.74) is 0.0776. The lowest BCUT2D eigenvalue weighted by atomic mass is 9.83. The minimum Gasteiger partial charge on any atom is -0.396 e. The van der Waals surface area contributed by atoms with E-state index in [1.165, 1.54) is 32.2 Å². The van der Waals surface area contributed by atoms with Gasteiger partial charge in [-0.2, -0.15) is 0 Å². The van der Waals surface area contributed by atoms with Crippen LogP contribution in [0.15, 0.2) is 0 Å². The summed E-state index contributed by atoms with van der Waals surface area (Å²) in [6.07, 6.45) is 7.31. The molecule has 0 aromatic carbocycles. The van der Waals surface area contributed by atoms with Crippen molar-refractivity contribution in [3.63, 3.8) is 0 Å². The van der Waals surface area contributed by atoms with E-state index in [1.54, 1.807) is 0 Å². The molecule has 0 spiro atoms. The maximum Gasteiger partial charge on any atom is 0.0499 e. The van der Waals surface area contributed by atoms with Gasteiger partial charge in [-0.05, 0) is 45.6 Å². The number of aliphatic hydroxyl groups excluding tert-OH is 1. The monoisotopic (exact) mass is 256 g/mol. The highest BCUT2D eigenvalue weighted by Gasteiger charge is 2.26. The Morgan fingerprint density at radius 2 is 2.06 bits per heavy atom. The van der Waals surface area contributed by atoms with Gasteiger partial charge in [0, 0.05) is 30.7 Å². The Hall–Kier alpha value is -0.120. The molecule has 0 radical (unpaired) electrons. The van der Waals surface area contributed by atoms with Crippen molar-refractivity contribution < 1.29 is 5.11 Å². The molecule has 1 saturated heterocycles. The number of aliphatic hydroxyl groups is 1. The molecule has 1 rings (SSSR count). The van der Waals surface area contributed by atoms with Gasteiger partial charge >= 0.3 is 0 Å². The van der Waals surface area contributed by atoms with E-state index in [2.05, 4.69) is 31.4 Å². The van der Waals surface area contributed by atoms with E-state index in [1.807, 2.05) is 0 Å². The molecule has 108 valence electrons. The lowest BCUT2D eigenvalue weighted by molar-refractivity contribution is 0.109. The van der Waals surface area contributed by atoms with E-state index in [9.17, 15) is 5.11 Å². The molecular weight excluding hydrogens is 224 g/mol. The summed E-state index contributed by atoms with van der Waals surface area (Å²) in [6, 6.07) is 1.22. The summed E-state index contributed by atoms with van der Waals surface area (Å²) in [6.45, 7) is 9.03. The second-order valence-corrected chi connectivity index (χ2v) is 6.03. The topological polar surface area (TPSA) is 44.3 Å². The molecule has 0 aromatic heterocycles. The fourth-order valence-electron chi connectivity index (χ4n) is 2.81. The standard InChI is InChI=1S/C15H32N2O/c1-4-15(5-2,12-18)11-17-13(3)10-14-8-6-7-9-16-14/h13-14,16-18H,4-12H2,1-3H3. The predicted octanol–water partition coefficient (Wildman–Crippen LogP) is 2.30. The highest BCUT2D eigenvalue weighted by atomic mass is 16.3. The van der Waals surface area contributed by atoms with E-state index in [4.69, 9.17) is 0 Å².